The molecule has 0 radical (unpaired) electrons. The molecule has 1 aromatic carbocycles. The summed E-state index contributed by atoms with van der Waals surface area (Å²) in [6.07, 6.45) is 2.03. The van der Waals surface area contributed by atoms with E-state index < -0.39 is 4.92 Å². The van der Waals surface area contributed by atoms with E-state index in [2.05, 4.69) is 4.98 Å². The van der Waals surface area contributed by atoms with Crippen LogP contribution in [0.3, 0.4) is 0 Å². The van der Waals surface area contributed by atoms with Crippen molar-refractivity contribution in [3.8, 4) is 11.5 Å². The fourth-order valence-electron chi connectivity index (χ4n) is 3.17. The van der Waals surface area contributed by atoms with Gasteiger partial charge in [0.1, 0.15) is 12.0 Å². The average Bonchev–Trinajstić information content (AvgIpc) is 2.99. The second-order valence-electron chi connectivity index (χ2n) is 6.33. The van der Waals surface area contributed by atoms with Crippen LogP contribution in [0.5, 0.6) is 11.5 Å². The minimum absolute atomic E-state index is 0.0381. The zero-order valence-electron chi connectivity index (χ0n) is 15.8. The molecule has 0 aliphatic carbocycles. The first kappa shape index (κ1) is 19.4. The van der Waals surface area contributed by atoms with E-state index in [4.69, 9.17) is 9.47 Å². The highest BCUT2D eigenvalue weighted by Gasteiger charge is 2.22. The largest absolute Gasteiger partial charge is 0.493 e. The maximum Gasteiger partial charge on any atom is 0.287 e. The highest BCUT2D eigenvalue weighted by molar-refractivity contribution is 5.95. The van der Waals surface area contributed by atoms with Gasteiger partial charge in [-0.05, 0) is 30.7 Å². The Balaban J connectivity index is 1.69. The van der Waals surface area contributed by atoms with Gasteiger partial charge in [-0.3, -0.25) is 14.9 Å². The van der Waals surface area contributed by atoms with E-state index in [0.29, 0.717) is 42.5 Å². The normalized spacial score (nSPS) is 14.4. The van der Waals surface area contributed by atoms with Gasteiger partial charge in [0.25, 0.3) is 11.6 Å². The molecule has 1 aliphatic rings. The van der Waals surface area contributed by atoms with Gasteiger partial charge in [-0.1, -0.05) is 0 Å². The molecule has 0 spiro atoms. The highest BCUT2D eigenvalue weighted by atomic mass is 16.6. The minimum atomic E-state index is -0.470. The van der Waals surface area contributed by atoms with Crippen molar-refractivity contribution in [1.29, 1.82) is 0 Å². The van der Waals surface area contributed by atoms with Gasteiger partial charge in [0.05, 0.1) is 19.1 Å². The quantitative estimate of drug-likeness (QED) is 0.575. The third kappa shape index (κ3) is 4.13. The zero-order valence-corrected chi connectivity index (χ0v) is 15.8. The molecule has 0 N–H and O–H groups in total. The Morgan fingerprint density at radius 3 is 2.50 bits per heavy atom. The van der Waals surface area contributed by atoms with Crippen molar-refractivity contribution in [2.75, 3.05) is 45.3 Å². The molecule has 148 valence electrons. The number of carbonyl (C=O) groups excluding carboxylic acids is 1. The lowest BCUT2D eigenvalue weighted by molar-refractivity contribution is -0.385. The van der Waals surface area contributed by atoms with Crippen LogP contribution >= 0.6 is 0 Å². The summed E-state index contributed by atoms with van der Waals surface area (Å²) in [5, 5.41) is 10.8. The number of aromatic nitrogens is 1. The number of hydrogen-bond acceptors (Lipinski definition) is 7. The highest BCUT2D eigenvalue weighted by Crippen LogP contribution is 2.28. The van der Waals surface area contributed by atoms with Crippen molar-refractivity contribution in [1.82, 2.24) is 9.88 Å². The van der Waals surface area contributed by atoms with Crippen LogP contribution < -0.4 is 14.4 Å². The molecule has 0 unspecified atom stereocenters. The van der Waals surface area contributed by atoms with Gasteiger partial charge in [0, 0.05) is 37.8 Å². The molecule has 1 fully saturated rings. The monoisotopic (exact) mass is 386 g/mol. The Labute approximate surface area is 162 Å². The number of hydrogen-bond donors (Lipinski definition) is 0. The Kier molecular flexibility index (Phi) is 5.93. The van der Waals surface area contributed by atoms with Crippen LogP contribution in [0.15, 0.2) is 36.5 Å². The van der Waals surface area contributed by atoms with Crippen LogP contribution in [-0.2, 0) is 0 Å². The minimum Gasteiger partial charge on any atom is -0.493 e. The van der Waals surface area contributed by atoms with Gasteiger partial charge >= 0.3 is 0 Å². The van der Waals surface area contributed by atoms with E-state index in [-0.39, 0.29) is 11.6 Å². The third-order valence-corrected chi connectivity index (χ3v) is 4.68. The fraction of sp³-hybridized carbons (Fsp3) is 0.368. The van der Waals surface area contributed by atoms with Gasteiger partial charge < -0.3 is 19.3 Å². The number of nitro groups is 1. The predicted molar refractivity (Wildman–Crippen MR) is 103 cm³/mol. The molecule has 0 atom stereocenters. The molecule has 9 heteroatoms. The average molecular weight is 386 g/mol. The third-order valence-electron chi connectivity index (χ3n) is 4.68. The molecule has 0 bridgehead atoms. The smallest absolute Gasteiger partial charge is 0.287 e. The van der Waals surface area contributed by atoms with E-state index in [0.717, 1.165) is 13.0 Å². The summed E-state index contributed by atoms with van der Waals surface area (Å²) in [6, 6.07) is 8.21. The summed E-state index contributed by atoms with van der Waals surface area (Å²) >= 11 is 0. The Hall–Kier alpha value is -3.36. The van der Waals surface area contributed by atoms with Crippen molar-refractivity contribution in [2.24, 2.45) is 0 Å². The lowest BCUT2D eigenvalue weighted by atomic mass is 10.1. The predicted octanol–water partition coefficient (Wildman–Crippen LogP) is 2.36. The molecule has 3 rings (SSSR count). The van der Waals surface area contributed by atoms with E-state index in [9.17, 15) is 14.9 Å². The van der Waals surface area contributed by atoms with Crippen molar-refractivity contribution in [3.63, 3.8) is 0 Å². The van der Waals surface area contributed by atoms with Crippen LogP contribution in [0, 0.1) is 10.1 Å². The first-order valence-corrected chi connectivity index (χ1v) is 8.90. The summed E-state index contributed by atoms with van der Waals surface area (Å²) in [4.78, 5) is 31.2. The lowest BCUT2D eigenvalue weighted by Crippen LogP contribution is -2.35. The van der Waals surface area contributed by atoms with E-state index in [1.54, 1.807) is 36.3 Å². The summed E-state index contributed by atoms with van der Waals surface area (Å²) in [5.74, 6) is 1.69. The molecule has 2 heterocycles. The number of carbonyl (C=O) groups is 1. The summed E-state index contributed by atoms with van der Waals surface area (Å²) in [6.45, 7) is 2.48. The molecule has 28 heavy (non-hydrogen) atoms. The van der Waals surface area contributed by atoms with Crippen LogP contribution in [0.2, 0.25) is 0 Å². The van der Waals surface area contributed by atoms with Crippen LogP contribution in [0.25, 0.3) is 0 Å². The second-order valence-corrected chi connectivity index (χ2v) is 6.33. The number of anilines is 1. The van der Waals surface area contributed by atoms with E-state index in [1.807, 2.05) is 4.90 Å². The SMILES string of the molecule is COc1ccc(C(=O)N2CCCN(c3ccc([N+](=O)[O-])cn3)CC2)cc1OC. The topological polar surface area (TPSA) is 98.0 Å². The molecular formula is C19H22N4O5. The van der Waals surface area contributed by atoms with E-state index in [1.165, 1.54) is 19.4 Å². The van der Waals surface area contributed by atoms with Crippen molar-refractivity contribution < 1.29 is 19.2 Å². The second kappa shape index (κ2) is 8.55. The number of amides is 1. The number of nitrogens with zero attached hydrogens (tertiary/aromatic N) is 4. The summed E-state index contributed by atoms with van der Waals surface area (Å²) in [7, 11) is 3.09. The van der Waals surface area contributed by atoms with Crippen LogP contribution in [0.1, 0.15) is 16.8 Å². The van der Waals surface area contributed by atoms with Crippen LogP contribution in [0.4, 0.5) is 11.5 Å². The van der Waals surface area contributed by atoms with Crippen LogP contribution in [-0.4, -0.2) is 61.1 Å². The molecule has 1 aliphatic heterocycles. The first-order chi connectivity index (χ1) is 13.5. The lowest BCUT2D eigenvalue weighted by Gasteiger charge is -2.23. The Bertz CT molecular complexity index is 856. The number of rotatable bonds is 5. The van der Waals surface area contributed by atoms with Gasteiger partial charge in [-0.25, -0.2) is 4.98 Å². The molecule has 2 aromatic rings. The van der Waals surface area contributed by atoms with Gasteiger partial charge in [-0.2, -0.15) is 0 Å². The summed E-state index contributed by atoms with van der Waals surface area (Å²) < 4.78 is 10.5. The number of pyridine rings is 1. The van der Waals surface area contributed by atoms with Gasteiger partial charge in [-0.15, -0.1) is 0 Å². The Morgan fingerprint density at radius 2 is 1.86 bits per heavy atom. The maximum absolute atomic E-state index is 12.9. The number of benzene rings is 1. The molecule has 0 saturated carbocycles. The van der Waals surface area contributed by atoms with Gasteiger partial charge in [0.15, 0.2) is 11.5 Å². The van der Waals surface area contributed by atoms with Crippen molar-refractivity contribution in [3.05, 3.63) is 52.2 Å². The van der Waals surface area contributed by atoms with Crippen molar-refractivity contribution in [2.45, 2.75) is 6.42 Å². The standard InChI is InChI=1S/C19H22N4O5/c1-27-16-6-4-14(12-17(16)28-2)19(24)22-9-3-8-21(10-11-22)18-7-5-15(13-20-18)23(25)26/h4-7,12-13H,3,8-11H2,1-2H3. The first-order valence-electron chi connectivity index (χ1n) is 8.90. The fourth-order valence-corrected chi connectivity index (χ4v) is 3.17. The summed E-state index contributed by atoms with van der Waals surface area (Å²) in [5.41, 5.74) is 0.503. The molecule has 1 amide bonds. The number of ether oxygens (including phenoxy) is 2. The molecular weight excluding hydrogens is 364 g/mol. The molecule has 1 aromatic heterocycles. The molecule has 1 saturated heterocycles. The van der Waals surface area contributed by atoms with Crippen molar-refractivity contribution >= 4 is 17.4 Å². The number of methoxy groups -OCH3 is 2. The zero-order chi connectivity index (χ0) is 20.1. The Morgan fingerprint density at radius 1 is 1.07 bits per heavy atom. The maximum atomic E-state index is 12.9. The van der Waals surface area contributed by atoms with Gasteiger partial charge in [0.2, 0.25) is 0 Å². The molecule has 9 nitrogen and oxygen atoms in total. The van der Waals surface area contributed by atoms with E-state index >= 15 is 0 Å².